The van der Waals surface area contributed by atoms with Crippen molar-refractivity contribution in [2.45, 2.75) is 25.1 Å². The van der Waals surface area contributed by atoms with E-state index >= 15 is 0 Å². The Kier molecular flexibility index (Phi) is 4.75. The summed E-state index contributed by atoms with van der Waals surface area (Å²) in [4.78, 5) is 0. The fourth-order valence-electron chi connectivity index (χ4n) is 2.53. The van der Waals surface area contributed by atoms with Crippen LogP contribution in [-0.4, -0.2) is 51.4 Å². The first-order valence-electron chi connectivity index (χ1n) is 6.72. The number of methoxy groups -OCH3 is 2. The molecule has 0 bridgehead atoms. The molecule has 1 aliphatic heterocycles. The molecule has 7 heteroatoms. The van der Waals surface area contributed by atoms with Crippen molar-refractivity contribution in [2.75, 3.05) is 25.7 Å². The quantitative estimate of drug-likeness (QED) is 0.824. The number of aliphatic hydroxyl groups excluding tert-OH is 1. The molecular weight excluding hydrogens is 294 g/mol. The lowest BCUT2D eigenvalue weighted by Crippen LogP contribution is -2.40. The molecule has 1 heterocycles. The number of benzene rings is 1. The summed E-state index contributed by atoms with van der Waals surface area (Å²) in [5, 5.41) is 13.0. The van der Waals surface area contributed by atoms with Crippen molar-refractivity contribution in [1.82, 2.24) is 5.32 Å². The molecular formula is C14H21NO5S. The van der Waals surface area contributed by atoms with Gasteiger partial charge in [-0.15, -0.1) is 0 Å². The standard InChI is InChI=1S/C14H21NO5S/c1-9(15-11-7-21(17,18)8-12(11)16)10-4-5-13(19-2)14(6-10)20-3/h4-6,9,11-12,15-16H,7-8H2,1-3H3. The van der Waals surface area contributed by atoms with Crippen LogP contribution in [0.2, 0.25) is 0 Å². The molecule has 0 aliphatic carbocycles. The summed E-state index contributed by atoms with van der Waals surface area (Å²) < 4.78 is 33.5. The topological polar surface area (TPSA) is 84.9 Å². The van der Waals surface area contributed by atoms with Crippen LogP contribution in [0.25, 0.3) is 0 Å². The summed E-state index contributed by atoms with van der Waals surface area (Å²) >= 11 is 0. The lowest BCUT2D eigenvalue weighted by Gasteiger charge is -2.22. The van der Waals surface area contributed by atoms with E-state index in [0.29, 0.717) is 11.5 Å². The zero-order valence-corrected chi connectivity index (χ0v) is 13.2. The predicted octanol–water partition coefficient (Wildman–Crippen LogP) is 0.512. The van der Waals surface area contributed by atoms with Gasteiger partial charge in [0, 0.05) is 12.1 Å². The number of rotatable bonds is 5. The first-order valence-corrected chi connectivity index (χ1v) is 8.55. The molecule has 2 N–H and O–H groups in total. The van der Waals surface area contributed by atoms with E-state index in [-0.39, 0.29) is 17.5 Å². The highest BCUT2D eigenvalue weighted by Gasteiger charge is 2.37. The fraction of sp³-hybridized carbons (Fsp3) is 0.571. The lowest BCUT2D eigenvalue weighted by molar-refractivity contribution is 0.160. The van der Waals surface area contributed by atoms with Crippen molar-refractivity contribution in [1.29, 1.82) is 0 Å². The number of sulfone groups is 1. The van der Waals surface area contributed by atoms with Crippen molar-refractivity contribution in [3.63, 3.8) is 0 Å². The minimum Gasteiger partial charge on any atom is -0.493 e. The van der Waals surface area contributed by atoms with Gasteiger partial charge in [0.25, 0.3) is 0 Å². The Morgan fingerprint density at radius 3 is 2.43 bits per heavy atom. The van der Waals surface area contributed by atoms with Gasteiger partial charge in [0.05, 0.1) is 31.8 Å². The van der Waals surface area contributed by atoms with Crippen LogP contribution in [0.15, 0.2) is 18.2 Å². The maximum Gasteiger partial charge on any atom is 0.161 e. The molecule has 118 valence electrons. The molecule has 0 radical (unpaired) electrons. The normalized spacial score (nSPS) is 25.5. The third-order valence-electron chi connectivity index (χ3n) is 3.69. The van der Waals surface area contributed by atoms with Crippen LogP contribution in [0.5, 0.6) is 11.5 Å². The number of aliphatic hydroxyl groups is 1. The Morgan fingerprint density at radius 2 is 1.90 bits per heavy atom. The largest absolute Gasteiger partial charge is 0.493 e. The van der Waals surface area contributed by atoms with Crippen molar-refractivity contribution in [2.24, 2.45) is 0 Å². The molecule has 1 aromatic rings. The van der Waals surface area contributed by atoms with Crippen LogP contribution in [0.4, 0.5) is 0 Å². The Bertz CT molecular complexity index is 601. The average molecular weight is 315 g/mol. The summed E-state index contributed by atoms with van der Waals surface area (Å²) in [6.07, 6.45) is -0.863. The van der Waals surface area contributed by atoms with E-state index in [2.05, 4.69) is 5.32 Å². The van der Waals surface area contributed by atoms with Crippen molar-refractivity contribution < 1.29 is 23.0 Å². The van der Waals surface area contributed by atoms with Crippen molar-refractivity contribution in [3.8, 4) is 11.5 Å². The zero-order chi connectivity index (χ0) is 15.6. The third kappa shape index (κ3) is 3.66. The Morgan fingerprint density at radius 1 is 1.24 bits per heavy atom. The van der Waals surface area contributed by atoms with Gasteiger partial charge in [-0.25, -0.2) is 8.42 Å². The van der Waals surface area contributed by atoms with E-state index < -0.39 is 22.0 Å². The second-order valence-electron chi connectivity index (χ2n) is 5.25. The second kappa shape index (κ2) is 6.21. The summed E-state index contributed by atoms with van der Waals surface area (Å²) in [6.45, 7) is 1.92. The summed E-state index contributed by atoms with van der Waals surface area (Å²) in [7, 11) is -0.0222. The molecule has 1 fully saturated rings. The molecule has 3 unspecified atom stereocenters. The SMILES string of the molecule is COc1ccc(C(C)NC2CS(=O)(=O)CC2O)cc1OC. The molecule has 0 aromatic heterocycles. The second-order valence-corrected chi connectivity index (χ2v) is 7.41. The minimum atomic E-state index is -3.15. The number of ether oxygens (including phenoxy) is 2. The van der Waals surface area contributed by atoms with Gasteiger partial charge in [-0.05, 0) is 24.6 Å². The van der Waals surface area contributed by atoms with Crippen LogP contribution in [0.1, 0.15) is 18.5 Å². The summed E-state index contributed by atoms with van der Waals surface area (Å²) in [5.41, 5.74) is 0.934. The van der Waals surface area contributed by atoms with Crippen molar-refractivity contribution >= 4 is 9.84 Å². The highest BCUT2D eigenvalue weighted by atomic mass is 32.2. The smallest absolute Gasteiger partial charge is 0.161 e. The minimum absolute atomic E-state index is 0.0359. The molecule has 0 spiro atoms. The summed E-state index contributed by atoms with van der Waals surface area (Å²) in [6, 6.07) is 4.96. The Labute approximate surface area is 125 Å². The van der Waals surface area contributed by atoms with E-state index in [1.165, 1.54) is 0 Å². The first-order chi connectivity index (χ1) is 9.86. The van der Waals surface area contributed by atoms with E-state index in [4.69, 9.17) is 9.47 Å². The third-order valence-corrected chi connectivity index (χ3v) is 5.41. The van der Waals surface area contributed by atoms with Crippen molar-refractivity contribution in [3.05, 3.63) is 23.8 Å². The number of nitrogens with one attached hydrogen (secondary N) is 1. The highest BCUT2D eigenvalue weighted by Crippen LogP contribution is 2.30. The number of hydrogen-bond donors (Lipinski definition) is 2. The number of hydrogen-bond acceptors (Lipinski definition) is 6. The molecule has 21 heavy (non-hydrogen) atoms. The van der Waals surface area contributed by atoms with Gasteiger partial charge in [0.15, 0.2) is 21.3 Å². The van der Waals surface area contributed by atoms with E-state index in [9.17, 15) is 13.5 Å². The molecule has 0 saturated carbocycles. The average Bonchev–Trinajstić information content (AvgIpc) is 2.70. The fourth-order valence-corrected chi connectivity index (χ4v) is 4.28. The molecule has 2 rings (SSSR count). The zero-order valence-electron chi connectivity index (χ0n) is 12.4. The van der Waals surface area contributed by atoms with E-state index in [0.717, 1.165) is 5.56 Å². The lowest BCUT2D eigenvalue weighted by atomic mass is 10.1. The van der Waals surface area contributed by atoms with E-state index in [1.807, 2.05) is 19.1 Å². The molecule has 1 aliphatic rings. The van der Waals surface area contributed by atoms with Gasteiger partial charge >= 0.3 is 0 Å². The monoisotopic (exact) mass is 315 g/mol. The van der Waals surface area contributed by atoms with Crippen LogP contribution in [0, 0.1) is 0 Å². The summed E-state index contributed by atoms with van der Waals surface area (Å²) in [5.74, 6) is 1.04. The predicted molar refractivity (Wildman–Crippen MR) is 79.5 cm³/mol. The van der Waals surface area contributed by atoms with Crippen LogP contribution in [0.3, 0.4) is 0 Å². The van der Waals surface area contributed by atoms with E-state index in [1.54, 1.807) is 20.3 Å². The molecule has 3 atom stereocenters. The molecule has 6 nitrogen and oxygen atoms in total. The molecule has 0 amide bonds. The Hall–Kier alpha value is -1.31. The highest BCUT2D eigenvalue weighted by molar-refractivity contribution is 7.91. The molecule has 1 saturated heterocycles. The van der Waals surface area contributed by atoms with Crippen LogP contribution < -0.4 is 14.8 Å². The van der Waals surface area contributed by atoms with Gasteiger partial charge in [0.1, 0.15) is 0 Å². The van der Waals surface area contributed by atoms with Crippen LogP contribution in [-0.2, 0) is 9.84 Å². The maximum atomic E-state index is 11.5. The van der Waals surface area contributed by atoms with Gasteiger partial charge in [-0.3, -0.25) is 0 Å². The first kappa shape index (κ1) is 16.1. The van der Waals surface area contributed by atoms with Gasteiger partial charge in [0.2, 0.25) is 0 Å². The van der Waals surface area contributed by atoms with Gasteiger partial charge in [-0.1, -0.05) is 6.07 Å². The maximum absolute atomic E-state index is 11.5. The van der Waals surface area contributed by atoms with Crippen LogP contribution >= 0.6 is 0 Å². The van der Waals surface area contributed by atoms with Gasteiger partial charge < -0.3 is 19.9 Å². The Balaban J connectivity index is 2.12. The van der Waals surface area contributed by atoms with Gasteiger partial charge in [-0.2, -0.15) is 0 Å². The molecule has 1 aromatic carbocycles.